The third-order valence-electron chi connectivity index (χ3n) is 5.95. The number of amides is 1. The van der Waals surface area contributed by atoms with E-state index in [-0.39, 0.29) is 18.0 Å². The van der Waals surface area contributed by atoms with Crippen molar-refractivity contribution in [1.29, 1.82) is 0 Å². The number of hydrogen-bond acceptors (Lipinski definition) is 6. The highest BCUT2D eigenvalue weighted by molar-refractivity contribution is 6.10. The summed E-state index contributed by atoms with van der Waals surface area (Å²) in [5.74, 6) is 0.317. The van der Waals surface area contributed by atoms with E-state index >= 15 is 0 Å². The van der Waals surface area contributed by atoms with Crippen molar-refractivity contribution in [3.63, 3.8) is 0 Å². The molecule has 0 saturated carbocycles. The number of halogens is 1. The molecule has 2 aliphatic heterocycles. The minimum atomic E-state index is -0.444. The first-order valence-corrected chi connectivity index (χ1v) is 10.5. The van der Waals surface area contributed by atoms with Gasteiger partial charge in [0.05, 0.1) is 49.5 Å². The standard InChI is InChI=1S/C24H23FN4O3/c1-15-19(28-10-12-32-13-11-28)6-7-21(27-15)29-14-17-16(24(29)30)8-9-26-23(17)22-18(25)4-3-5-20(22)31-2/h3-9H,10-14H2,1-2H3. The Morgan fingerprint density at radius 3 is 2.69 bits per heavy atom. The van der Waals surface area contributed by atoms with Crippen molar-refractivity contribution in [1.82, 2.24) is 9.97 Å². The van der Waals surface area contributed by atoms with E-state index in [1.165, 1.54) is 19.4 Å². The quantitative estimate of drug-likeness (QED) is 0.625. The summed E-state index contributed by atoms with van der Waals surface area (Å²) in [7, 11) is 1.49. The third kappa shape index (κ3) is 3.36. The van der Waals surface area contributed by atoms with Crippen LogP contribution in [-0.2, 0) is 11.3 Å². The zero-order valence-electron chi connectivity index (χ0n) is 18.0. The molecular weight excluding hydrogens is 411 g/mol. The molecule has 1 amide bonds. The lowest BCUT2D eigenvalue weighted by molar-refractivity contribution is 0.0996. The van der Waals surface area contributed by atoms with Gasteiger partial charge in [-0.1, -0.05) is 6.07 Å². The summed E-state index contributed by atoms with van der Waals surface area (Å²) in [5.41, 5.74) is 3.72. The molecule has 2 aliphatic rings. The first-order chi connectivity index (χ1) is 15.6. The summed E-state index contributed by atoms with van der Waals surface area (Å²) in [4.78, 5) is 26.2. The Balaban J connectivity index is 1.51. The molecule has 164 valence electrons. The van der Waals surface area contributed by atoms with Crippen molar-refractivity contribution in [3.8, 4) is 17.0 Å². The molecule has 2 aromatic heterocycles. The average molecular weight is 434 g/mol. The van der Waals surface area contributed by atoms with Crippen LogP contribution in [0.4, 0.5) is 15.9 Å². The van der Waals surface area contributed by atoms with Gasteiger partial charge in [0.15, 0.2) is 0 Å². The zero-order chi connectivity index (χ0) is 22.2. The van der Waals surface area contributed by atoms with Gasteiger partial charge in [0.25, 0.3) is 5.91 Å². The predicted molar refractivity (Wildman–Crippen MR) is 119 cm³/mol. The number of pyridine rings is 2. The van der Waals surface area contributed by atoms with Crippen molar-refractivity contribution < 1.29 is 18.7 Å². The number of ether oxygens (including phenoxy) is 2. The molecule has 0 aliphatic carbocycles. The first-order valence-electron chi connectivity index (χ1n) is 10.5. The minimum absolute atomic E-state index is 0.176. The van der Waals surface area contributed by atoms with Crippen LogP contribution in [0, 0.1) is 12.7 Å². The van der Waals surface area contributed by atoms with Crippen LogP contribution in [-0.4, -0.2) is 49.3 Å². The molecule has 0 bridgehead atoms. The molecule has 4 heterocycles. The van der Waals surface area contributed by atoms with Gasteiger partial charge in [-0.25, -0.2) is 9.37 Å². The van der Waals surface area contributed by atoms with Crippen molar-refractivity contribution in [2.24, 2.45) is 0 Å². The van der Waals surface area contributed by atoms with E-state index in [1.807, 2.05) is 19.1 Å². The predicted octanol–water partition coefficient (Wildman–Crippen LogP) is 3.60. The Hall–Kier alpha value is -3.52. The number of rotatable bonds is 4. The van der Waals surface area contributed by atoms with E-state index in [4.69, 9.17) is 14.5 Å². The maximum absolute atomic E-state index is 14.7. The van der Waals surface area contributed by atoms with Crippen LogP contribution in [0.15, 0.2) is 42.6 Å². The Bertz CT molecular complexity index is 1190. The number of carbonyl (C=O) groups excluding carboxylic acids is 1. The van der Waals surface area contributed by atoms with Gasteiger partial charge in [0.2, 0.25) is 0 Å². The number of aryl methyl sites for hydroxylation is 1. The van der Waals surface area contributed by atoms with Gasteiger partial charge in [-0.3, -0.25) is 14.7 Å². The fourth-order valence-electron chi connectivity index (χ4n) is 4.36. The number of methoxy groups -OCH3 is 1. The fourth-order valence-corrected chi connectivity index (χ4v) is 4.36. The molecule has 5 rings (SSSR count). The summed E-state index contributed by atoms with van der Waals surface area (Å²) in [5, 5.41) is 0. The molecule has 1 aromatic carbocycles. The van der Waals surface area contributed by atoms with Crippen molar-refractivity contribution in [3.05, 3.63) is 65.2 Å². The molecule has 3 aromatic rings. The van der Waals surface area contributed by atoms with Crippen LogP contribution >= 0.6 is 0 Å². The van der Waals surface area contributed by atoms with Crippen LogP contribution < -0.4 is 14.5 Å². The zero-order valence-corrected chi connectivity index (χ0v) is 18.0. The second-order valence-corrected chi connectivity index (χ2v) is 7.77. The Morgan fingerprint density at radius 2 is 1.94 bits per heavy atom. The van der Waals surface area contributed by atoms with Crippen molar-refractivity contribution in [2.45, 2.75) is 13.5 Å². The molecule has 32 heavy (non-hydrogen) atoms. The van der Waals surface area contributed by atoms with Crippen LogP contribution in [0.5, 0.6) is 5.75 Å². The molecule has 1 fully saturated rings. The normalized spacial score (nSPS) is 15.8. The molecule has 1 saturated heterocycles. The first kappa shape index (κ1) is 20.4. The van der Waals surface area contributed by atoms with E-state index in [0.717, 1.165) is 24.5 Å². The highest BCUT2D eigenvalue weighted by atomic mass is 19.1. The maximum Gasteiger partial charge on any atom is 0.260 e. The molecule has 0 unspecified atom stereocenters. The lowest BCUT2D eigenvalue weighted by Gasteiger charge is -2.30. The summed E-state index contributed by atoms with van der Waals surface area (Å²) < 4.78 is 25.5. The second-order valence-electron chi connectivity index (χ2n) is 7.77. The summed E-state index contributed by atoms with van der Waals surface area (Å²) in [6.07, 6.45) is 1.53. The highest BCUT2D eigenvalue weighted by Crippen LogP contribution is 2.38. The monoisotopic (exact) mass is 434 g/mol. The molecule has 0 N–H and O–H groups in total. The van der Waals surface area contributed by atoms with Gasteiger partial charge in [-0.15, -0.1) is 0 Å². The number of fused-ring (bicyclic) bond motifs is 1. The van der Waals surface area contributed by atoms with Crippen LogP contribution in [0.3, 0.4) is 0 Å². The van der Waals surface area contributed by atoms with Crippen LogP contribution in [0.2, 0.25) is 0 Å². The summed E-state index contributed by atoms with van der Waals surface area (Å²) >= 11 is 0. The third-order valence-corrected chi connectivity index (χ3v) is 5.95. The van der Waals surface area contributed by atoms with Gasteiger partial charge >= 0.3 is 0 Å². The molecule has 0 atom stereocenters. The number of morpholine rings is 1. The summed E-state index contributed by atoms with van der Waals surface area (Å²) in [6.45, 7) is 5.22. The minimum Gasteiger partial charge on any atom is -0.496 e. The Kier molecular flexibility index (Phi) is 5.22. The maximum atomic E-state index is 14.7. The van der Waals surface area contributed by atoms with Crippen LogP contribution in [0.25, 0.3) is 11.3 Å². The number of benzene rings is 1. The van der Waals surface area contributed by atoms with Crippen LogP contribution in [0.1, 0.15) is 21.6 Å². The number of nitrogens with zero attached hydrogens (tertiary/aromatic N) is 4. The van der Waals surface area contributed by atoms with Gasteiger partial charge < -0.3 is 14.4 Å². The van der Waals surface area contributed by atoms with E-state index < -0.39 is 5.82 Å². The van der Waals surface area contributed by atoms with Gasteiger partial charge in [-0.2, -0.15) is 0 Å². The largest absolute Gasteiger partial charge is 0.496 e. The number of carbonyl (C=O) groups is 1. The Morgan fingerprint density at radius 1 is 1.12 bits per heavy atom. The lowest BCUT2D eigenvalue weighted by atomic mass is 10.0. The fraction of sp³-hybridized carbons (Fsp3) is 0.292. The van der Waals surface area contributed by atoms with E-state index in [9.17, 15) is 9.18 Å². The van der Waals surface area contributed by atoms with Crippen molar-refractivity contribution in [2.75, 3.05) is 43.2 Å². The molecular formula is C24H23FN4O3. The topological polar surface area (TPSA) is 67.8 Å². The SMILES string of the molecule is COc1cccc(F)c1-c1nccc2c1CN(c1ccc(N3CCOCC3)c(C)n1)C2=O. The lowest BCUT2D eigenvalue weighted by Crippen LogP contribution is -2.36. The molecule has 0 spiro atoms. The van der Waals surface area contributed by atoms with E-state index in [1.54, 1.807) is 23.1 Å². The smallest absolute Gasteiger partial charge is 0.260 e. The molecule has 7 nitrogen and oxygen atoms in total. The number of hydrogen-bond donors (Lipinski definition) is 0. The molecule has 0 radical (unpaired) electrons. The molecule has 8 heteroatoms. The van der Waals surface area contributed by atoms with Gasteiger partial charge in [-0.05, 0) is 37.3 Å². The number of anilines is 2. The Labute approximate surface area is 185 Å². The van der Waals surface area contributed by atoms with E-state index in [2.05, 4.69) is 9.88 Å². The van der Waals surface area contributed by atoms with Gasteiger partial charge in [0.1, 0.15) is 17.4 Å². The second kappa shape index (κ2) is 8.20. The van der Waals surface area contributed by atoms with Gasteiger partial charge in [0, 0.05) is 30.4 Å². The average Bonchev–Trinajstić information content (AvgIpc) is 3.16. The number of aromatic nitrogens is 2. The van der Waals surface area contributed by atoms with E-state index in [0.29, 0.717) is 41.6 Å². The van der Waals surface area contributed by atoms with Crippen molar-refractivity contribution >= 4 is 17.4 Å². The summed E-state index contributed by atoms with van der Waals surface area (Å²) in [6, 6.07) is 10.2. The highest BCUT2D eigenvalue weighted by Gasteiger charge is 2.33.